The van der Waals surface area contributed by atoms with Gasteiger partial charge in [-0.1, -0.05) is 0 Å². The quantitative estimate of drug-likeness (QED) is 0.857. The molecule has 2 aromatic heterocycles. The number of nitrogens with zero attached hydrogens (tertiary/aromatic N) is 3. The molecule has 0 radical (unpaired) electrons. The summed E-state index contributed by atoms with van der Waals surface area (Å²) in [6.45, 7) is 10.7. The van der Waals surface area contributed by atoms with Gasteiger partial charge in [0, 0.05) is 49.0 Å². The highest BCUT2D eigenvalue weighted by atomic mass is 15.2. The maximum absolute atomic E-state index is 4.42. The van der Waals surface area contributed by atoms with E-state index in [0.717, 1.165) is 42.9 Å². The number of hydrogen-bond acceptors (Lipinski definition) is 4. The molecule has 0 atom stereocenters. The lowest BCUT2D eigenvalue weighted by molar-refractivity contribution is 0.148. The van der Waals surface area contributed by atoms with Crippen LogP contribution in [0.3, 0.4) is 0 Å². The van der Waals surface area contributed by atoms with Gasteiger partial charge in [0.05, 0.1) is 0 Å². The first-order valence-electron chi connectivity index (χ1n) is 6.80. The number of nitrogens with one attached hydrogen (secondary N) is 2. The Morgan fingerprint density at radius 1 is 1.42 bits per heavy atom. The van der Waals surface area contributed by atoms with Crippen LogP contribution in [0.4, 0.5) is 0 Å². The molecule has 3 rings (SSSR count). The topological polar surface area (TPSA) is 56.8 Å². The van der Waals surface area contributed by atoms with Crippen molar-refractivity contribution in [3.05, 3.63) is 23.5 Å². The van der Waals surface area contributed by atoms with E-state index in [1.54, 1.807) is 0 Å². The van der Waals surface area contributed by atoms with Crippen molar-refractivity contribution in [1.82, 2.24) is 25.4 Å². The highest BCUT2D eigenvalue weighted by molar-refractivity contribution is 5.77. The Balaban J connectivity index is 1.79. The maximum Gasteiger partial charge on any atom is 0.181 e. The third-order valence-corrected chi connectivity index (χ3v) is 3.71. The van der Waals surface area contributed by atoms with E-state index in [1.165, 1.54) is 5.56 Å². The maximum atomic E-state index is 4.42. The fraction of sp³-hybridized carbons (Fsp3) is 0.571. The molecule has 5 nitrogen and oxygen atoms in total. The summed E-state index contributed by atoms with van der Waals surface area (Å²) >= 11 is 0. The Labute approximate surface area is 113 Å². The third-order valence-electron chi connectivity index (χ3n) is 3.71. The Morgan fingerprint density at radius 2 is 2.26 bits per heavy atom. The van der Waals surface area contributed by atoms with Crippen molar-refractivity contribution < 1.29 is 0 Å². The minimum atomic E-state index is 0.196. The minimum Gasteiger partial charge on any atom is -0.309 e. The summed E-state index contributed by atoms with van der Waals surface area (Å²) < 4.78 is 0. The van der Waals surface area contributed by atoms with Gasteiger partial charge in [-0.15, -0.1) is 0 Å². The number of aromatic amines is 1. The van der Waals surface area contributed by atoms with Crippen molar-refractivity contribution in [3.63, 3.8) is 0 Å². The number of pyridine rings is 1. The number of hydrogen-bond donors (Lipinski definition) is 2. The first-order valence-corrected chi connectivity index (χ1v) is 6.80. The second-order valence-corrected chi connectivity index (χ2v) is 6.08. The van der Waals surface area contributed by atoms with E-state index in [9.17, 15) is 0 Å². The smallest absolute Gasteiger partial charge is 0.181 e. The number of rotatable bonds is 2. The van der Waals surface area contributed by atoms with Gasteiger partial charge >= 0.3 is 0 Å². The van der Waals surface area contributed by atoms with Crippen molar-refractivity contribution in [2.45, 2.75) is 32.9 Å². The molecule has 1 aliphatic rings. The van der Waals surface area contributed by atoms with Crippen LogP contribution in [0, 0.1) is 6.92 Å². The van der Waals surface area contributed by atoms with E-state index >= 15 is 0 Å². The van der Waals surface area contributed by atoms with Crippen LogP contribution in [-0.2, 0) is 6.54 Å². The fourth-order valence-corrected chi connectivity index (χ4v) is 2.79. The molecule has 0 bridgehead atoms. The normalized spacial score (nSPS) is 19.9. The van der Waals surface area contributed by atoms with E-state index < -0.39 is 0 Å². The van der Waals surface area contributed by atoms with Crippen molar-refractivity contribution in [2.75, 3.05) is 19.6 Å². The molecule has 3 heterocycles. The summed E-state index contributed by atoms with van der Waals surface area (Å²) in [5, 5.41) is 11.8. The summed E-state index contributed by atoms with van der Waals surface area (Å²) in [5.41, 5.74) is 3.35. The molecule has 0 spiro atoms. The van der Waals surface area contributed by atoms with E-state index in [1.807, 2.05) is 13.1 Å². The summed E-state index contributed by atoms with van der Waals surface area (Å²) in [7, 11) is 0. The molecule has 2 aromatic rings. The Kier molecular flexibility index (Phi) is 3.03. The molecule has 5 heteroatoms. The Hall–Kier alpha value is -1.46. The molecule has 1 saturated heterocycles. The molecule has 0 unspecified atom stereocenters. The van der Waals surface area contributed by atoms with Gasteiger partial charge in [-0.3, -0.25) is 10.00 Å². The molecule has 1 aliphatic heterocycles. The van der Waals surface area contributed by atoms with Crippen LogP contribution in [0.25, 0.3) is 11.0 Å². The monoisotopic (exact) mass is 259 g/mol. The zero-order valence-electron chi connectivity index (χ0n) is 11.8. The van der Waals surface area contributed by atoms with Gasteiger partial charge in [-0.25, -0.2) is 4.98 Å². The van der Waals surface area contributed by atoms with Gasteiger partial charge in [0.1, 0.15) is 0 Å². The molecule has 0 aliphatic carbocycles. The molecule has 0 aromatic carbocycles. The van der Waals surface area contributed by atoms with Crippen LogP contribution in [0.1, 0.15) is 25.1 Å². The van der Waals surface area contributed by atoms with Crippen LogP contribution >= 0.6 is 0 Å². The van der Waals surface area contributed by atoms with Crippen LogP contribution in [0.5, 0.6) is 0 Å². The lowest BCUT2D eigenvalue weighted by Crippen LogP contribution is -2.56. The average Bonchev–Trinajstić information content (AvgIpc) is 2.70. The highest BCUT2D eigenvalue weighted by Crippen LogP contribution is 2.17. The molecular weight excluding hydrogens is 238 g/mol. The van der Waals surface area contributed by atoms with Crippen LogP contribution < -0.4 is 5.32 Å². The summed E-state index contributed by atoms with van der Waals surface area (Å²) in [6, 6.07) is 2.20. The Morgan fingerprint density at radius 3 is 3.05 bits per heavy atom. The molecule has 102 valence electrons. The number of fused-ring (bicyclic) bond motifs is 1. The molecular formula is C14H21N5. The molecule has 0 amide bonds. The number of H-pyrrole nitrogens is 1. The third kappa shape index (κ3) is 2.62. The molecule has 2 N–H and O–H groups in total. The predicted molar refractivity (Wildman–Crippen MR) is 76.0 cm³/mol. The van der Waals surface area contributed by atoms with Gasteiger partial charge in [0.25, 0.3) is 0 Å². The van der Waals surface area contributed by atoms with Gasteiger partial charge in [0.15, 0.2) is 5.65 Å². The average molecular weight is 259 g/mol. The van der Waals surface area contributed by atoms with E-state index in [4.69, 9.17) is 0 Å². The van der Waals surface area contributed by atoms with Gasteiger partial charge in [0.2, 0.25) is 0 Å². The lowest BCUT2D eigenvalue weighted by Gasteiger charge is -2.39. The van der Waals surface area contributed by atoms with Crippen molar-refractivity contribution >= 4 is 11.0 Å². The van der Waals surface area contributed by atoms with Crippen molar-refractivity contribution in [2.24, 2.45) is 0 Å². The van der Waals surface area contributed by atoms with E-state index in [0.29, 0.717) is 0 Å². The number of piperazine rings is 1. The summed E-state index contributed by atoms with van der Waals surface area (Å²) in [5.74, 6) is 0. The lowest BCUT2D eigenvalue weighted by atomic mass is 10.0. The van der Waals surface area contributed by atoms with Crippen molar-refractivity contribution in [3.8, 4) is 0 Å². The van der Waals surface area contributed by atoms with Gasteiger partial charge < -0.3 is 5.32 Å². The largest absolute Gasteiger partial charge is 0.309 e. The van der Waals surface area contributed by atoms with Gasteiger partial charge in [-0.05, 0) is 32.4 Å². The summed E-state index contributed by atoms with van der Waals surface area (Å²) in [4.78, 5) is 6.90. The van der Waals surface area contributed by atoms with Gasteiger partial charge in [-0.2, -0.15) is 5.10 Å². The molecule has 0 saturated carbocycles. The Bertz CT molecular complexity index is 587. The standard InChI is InChI=1S/C14H21N5/c1-10-12-6-11(7-15-13(12)18-17-10)8-19-5-4-16-14(2,3)9-19/h6-7,16H,4-5,8-9H2,1-3H3,(H,15,17,18). The molecule has 19 heavy (non-hydrogen) atoms. The number of aromatic nitrogens is 3. The highest BCUT2D eigenvalue weighted by Gasteiger charge is 2.25. The fourth-order valence-electron chi connectivity index (χ4n) is 2.79. The van der Waals surface area contributed by atoms with E-state index in [2.05, 4.69) is 45.3 Å². The molecule has 1 fully saturated rings. The predicted octanol–water partition coefficient (Wildman–Crippen LogP) is 1.45. The van der Waals surface area contributed by atoms with Crippen molar-refractivity contribution in [1.29, 1.82) is 0 Å². The second-order valence-electron chi connectivity index (χ2n) is 6.08. The zero-order valence-corrected chi connectivity index (χ0v) is 11.8. The number of aryl methyl sites for hydroxylation is 1. The SMILES string of the molecule is Cc1[nH]nc2ncc(CN3CCNC(C)(C)C3)cc12. The first kappa shape index (κ1) is 12.6. The van der Waals surface area contributed by atoms with Crippen LogP contribution in [0.2, 0.25) is 0 Å². The zero-order chi connectivity index (χ0) is 13.5. The second kappa shape index (κ2) is 4.58. The summed E-state index contributed by atoms with van der Waals surface area (Å²) in [6.07, 6.45) is 1.94. The van der Waals surface area contributed by atoms with Crippen LogP contribution in [0.15, 0.2) is 12.3 Å². The van der Waals surface area contributed by atoms with E-state index in [-0.39, 0.29) is 5.54 Å². The first-order chi connectivity index (χ1) is 9.03. The minimum absolute atomic E-state index is 0.196. The van der Waals surface area contributed by atoms with Crippen LogP contribution in [-0.4, -0.2) is 45.3 Å².